The number of hydrogen-bond acceptors (Lipinski definition) is 7. The Morgan fingerprint density at radius 3 is 2.76 bits per heavy atom. The van der Waals surface area contributed by atoms with Crippen molar-refractivity contribution in [2.75, 3.05) is 25.0 Å². The van der Waals surface area contributed by atoms with Gasteiger partial charge >= 0.3 is 6.03 Å². The molecule has 11 heteroatoms. The fraction of sp³-hybridized carbons (Fsp3) is 0.308. The molecule has 4 aromatic rings. The van der Waals surface area contributed by atoms with Gasteiger partial charge in [-0.1, -0.05) is 0 Å². The molecule has 3 aromatic heterocycles. The molecule has 9 nitrogen and oxygen atoms in total. The average Bonchev–Trinajstić information content (AvgIpc) is 3.52. The highest BCUT2D eigenvalue weighted by molar-refractivity contribution is 9.10. The summed E-state index contributed by atoms with van der Waals surface area (Å²) in [5.41, 5.74) is 1.11. The predicted molar refractivity (Wildman–Crippen MR) is 148 cm³/mol. The second-order valence-electron chi connectivity index (χ2n) is 9.29. The standard InChI is InChI=1S/C26H27BrN6O3S/c1-16-5-4-9-32(16)11-12-36-18-6-7-20-17(13-18)14-21(37-20)22-19(27)15-29-24(30-22)28-8-10-33-25(35)31-23(34)26(33,2)3/h4-7,9,13-15H,8,10-12H2,1-3H3,(H,28,29,30)(H,31,34,35). The Morgan fingerprint density at radius 2 is 2.03 bits per heavy atom. The molecular weight excluding hydrogens is 556 g/mol. The molecule has 0 bridgehead atoms. The van der Waals surface area contributed by atoms with Crippen LogP contribution in [0.3, 0.4) is 0 Å². The van der Waals surface area contributed by atoms with Crippen LogP contribution in [0.5, 0.6) is 5.75 Å². The van der Waals surface area contributed by atoms with Crippen LogP contribution >= 0.6 is 27.3 Å². The second kappa shape index (κ2) is 10.1. The third-order valence-corrected chi connectivity index (χ3v) is 8.14. The monoisotopic (exact) mass is 582 g/mol. The van der Waals surface area contributed by atoms with E-state index in [1.54, 1.807) is 31.4 Å². The largest absolute Gasteiger partial charge is 0.492 e. The Bertz CT molecular complexity index is 1480. The van der Waals surface area contributed by atoms with Gasteiger partial charge in [-0.3, -0.25) is 10.1 Å². The Hall–Kier alpha value is -3.44. The molecule has 0 unspecified atom stereocenters. The van der Waals surface area contributed by atoms with Crippen molar-refractivity contribution in [3.63, 3.8) is 0 Å². The number of carbonyl (C=O) groups is 2. The average molecular weight is 584 g/mol. The van der Waals surface area contributed by atoms with Gasteiger partial charge < -0.3 is 19.5 Å². The van der Waals surface area contributed by atoms with Gasteiger partial charge in [-0.15, -0.1) is 11.3 Å². The SMILES string of the molecule is Cc1cccn1CCOc1ccc2sc(-c3nc(NCCN4C(=O)NC(=O)C4(C)C)ncc3Br)cc2c1. The van der Waals surface area contributed by atoms with E-state index in [0.29, 0.717) is 25.6 Å². The summed E-state index contributed by atoms with van der Waals surface area (Å²) in [6.45, 7) is 7.67. The van der Waals surface area contributed by atoms with Crippen LogP contribution in [-0.4, -0.2) is 56.6 Å². The molecular formula is C26H27BrN6O3S. The van der Waals surface area contributed by atoms with Gasteiger partial charge in [0.15, 0.2) is 0 Å². The van der Waals surface area contributed by atoms with Gasteiger partial charge in [0, 0.05) is 35.9 Å². The van der Waals surface area contributed by atoms with Crippen LogP contribution in [-0.2, 0) is 11.3 Å². The molecule has 4 heterocycles. The maximum Gasteiger partial charge on any atom is 0.325 e. The summed E-state index contributed by atoms with van der Waals surface area (Å²) in [6, 6.07) is 11.9. The molecule has 1 saturated heterocycles. The van der Waals surface area contributed by atoms with E-state index in [0.717, 1.165) is 37.4 Å². The molecule has 0 atom stereocenters. The maximum absolute atomic E-state index is 12.1. The van der Waals surface area contributed by atoms with Crippen LogP contribution in [0.1, 0.15) is 19.5 Å². The Morgan fingerprint density at radius 1 is 1.19 bits per heavy atom. The molecule has 2 N–H and O–H groups in total. The molecule has 0 saturated carbocycles. The molecule has 1 fully saturated rings. The molecule has 192 valence electrons. The summed E-state index contributed by atoms with van der Waals surface area (Å²) in [5, 5.41) is 6.61. The Labute approximate surface area is 227 Å². The van der Waals surface area contributed by atoms with Gasteiger partial charge in [0.05, 0.1) is 15.9 Å². The van der Waals surface area contributed by atoms with Crippen LogP contribution < -0.4 is 15.4 Å². The van der Waals surface area contributed by atoms with Crippen LogP contribution in [0.15, 0.2) is 53.3 Å². The van der Waals surface area contributed by atoms with Gasteiger partial charge in [0.25, 0.3) is 5.91 Å². The van der Waals surface area contributed by atoms with Crippen molar-refractivity contribution in [2.24, 2.45) is 0 Å². The van der Waals surface area contributed by atoms with Crippen molar-refractivity contribution in [3.05, 3.63) is 59.0 Å². The summed E-state index contributed by atoms with van der Waals surface area (Å²) in [4.78, 5) is 35.6. The van der Waals surface area contributed by atoms with E-state index >= 15 is 0 Å². The van der Waals surface area contributed by atoms with Crippen molar-refractivity contribution in [3.8, 4) is 16.3 Å². The normalized spacial score (nSPS) is 14.9. The first-order valence-corrected chi connectivity index (χ1v) is 13.5. The lowest BCUT2D eigenvalue weighted by Gasteiger charge is -2.27. The summed E-state index contributed by atoms with van der Waals surface area (Å²) < 4.78 is 10.1. The number of anilines is 1. The highest BCUT2D eigenvalue weighted by Gasteiger charge is 2.45. The number of aromatic nitrogens is 3. The predicted octanol–water partition coefficient (Wildman–Crippen LogP) is 5.05. The zero-order valence-corrected chi connectivity index (χ0v) is 23.1. The number of thiophene rings is 1. The fourth-order valence-electron chi connectivity index (χ4n) is 4.22. The first kappa shape index (κ1) is 25.2. The van der Waals surface area contributed by atoms with E-state index in [-0.39, 0.29) is 11.9 Å². The summed E-state index contributed by atoms with van der Waals surface area (Å²) in [6.07, 6.45) is 3.77. The van der Waals surface area contributed by atoms with Crippen molar-refractivity contribution in [2.45, 2.75) is 32.9 Å². The van der Waals surface area contributed by atoms with Gasteiger partial charge in [0.1, 0.15) is 23.6 Å². The van der Waals surface area contributed by atoms with Gasteiger partial charge in [-0.2, -0.15) is 0 Å². The number of amides is 3. The Kier molecular flexibility index (Phi) is 6.91. The Balaban J connectivity index is 1.26. The van der Waals surface area contributed by atoms with Crippen molar-refractivity contribution < 1.29 is 14.3 Å². The molecule has 37 heavy (non-hydrogen) atoms. The highest BCUT2D eigenvalue weighted by Crippen LogP contribution is 2.37. The maximum atomic E-state index is 12.1. The summed E-state index contributed by atoms with van der Waals surface area (Å²) in [5.74, 6) is 0.982. The second-order valence-corrected chi connectivity index (χ2v) is 11.2. The van der Waals surface area contributed by atoms with Crippen LogP contribution in [0.4, 0.5) is 10.7 Å². The minimum absolute atomic E-state index is 0.297. The van der Waals surface area contributed by atoms with E-state index in [1.165, 1.54) is 10.6 Å². The van der Waals surface area contributed by atoms with E-state index < -0.39 is 5.54 Å². The van der Waals surface area contributed by atoms with Crippen LogP contribution in [0.25, 0.3) is 20.7 Å². The van der Waals surface area contributed by atoms with E-state index in [1.807, 2.05) is 12.1 Å². The van der Waals surface area contributed by atoms with Crippen LogP contribution in [0, 0.1) is 6.92 Å². The van der Waals surface area contributed by atoms with Gasteiger partial charge in [-0.25, -0.2) is 14.8 Å². The zero-order chi connectivity index (χ0) is 26.2. The number of benzene rings is 1. The quantitative estimate of drug-likeness (QED) is 0.268. The number of halogens is 1. The first-order valence-electron chi connectivity index (χ1n) is 11.9. The summed E-state index contributed by atoms with van der Waals surface area (Å²) in [7, 11) is 0. The third-order valence-electron chi connectivity index (χ3n) is 6.44. The van der Waals surface area contributed by atoms with Gasteiger partial charge in [0.2, 0.25) is 5.95 Å². The number of fused-ring (bicyclic) bond motifs is 1. The van der Waals surface area contributed by atoms with E-state index in [2.05, 4.69) is 73.5 Å². The van der Waals surface area contributed by atoms with Crippen molar-refractivity contribution >= 4 is 55.2 Å². The number of ether oxygens (including phenoxy) is 1. The lowest BCUT2D eigenvalue weighted by molar-refractivity contribution is -0.125. The highest BCUT2D eigenvalue weighted by atomic mass is 79.9. The summed E-state index contributed by atoms with van der Waals surface area (Å²) >= 11 is 5.22. The number of carbonyl (C=O) groups excluding carboxylic acids is 2. The zero-order valence-electron chi connectivity index (χ0n) is 20.7. The number of rotatable bonds is 9. The lowest BCUT2D eigenvalue weighted by atomic mass is 10.0. The molecule has 0 spiro atoms. The molecule has 3 amide bonds. The first-order chi connectivity index (χ1) is 17.7. The number of hydrogen-bond donors (Lipinski definition) is 2. The minimum Gasteiger partial charge on any atom is -0.492 e. The third kappa shape index (κ3) is 5.19. The van der Waals surface area contributed by atoms with E-state index in [4.69, 9.17) is 9.72 Å². The number of nitrogens with one attached hydrogen (secondary N) is 2. The number of urea groups is 1. The smallest absolute Gasteiger partial charge is 0.325 e. The number of imide groups is 1. The van der Waals surface area contributed by atoms with E-state index in [9.17, 15) is 9.59 Å². The molecule has 0 aliphatic carbocycles. The topological polar surface area (TPSA) is 101 Å². The molecule has 1 aliphatic rings. The molecule has 1 aliphatic heterocycles. The minimum atomic E-state index is -0.884. The fourth-order valence-corrected chi connectivity index (χ4v) is 5.80. The number of aryl methyl sites for hydroxylation is 1. The van der Waals surface area contributed by atoms with Crippen molar-refractivity contribution in [1.82, 2.24) is 24.8 Å². The lowest BCUT2D eigenvalue weighted by Crippen LogP contribution is -2.46. The van der Waals surface area contributed by atoms with Crippen LogP contribution in [0.2, 0.25) is 0 Å². The molecule has 0 radical (unpaired) electrons. The van der Waals surface area contributed by atoms with Crippen molar-refractivity contribution in [1.29, 1.82) is 0 Å². The number of nitrogens with zero attached hydrogens (tertiary/aromatic N) is 4. The molecule has 5 rings (SSSR count). The molecule has 1 aromatic carbocycles. The van der Waals surface area contributed by atoms with Gasteiger partial charge in [-0.05, 0) is 78.5 Å².